The van der Waals surface area contributed by atoms with Crippen LogP contribution < -0.4 is 10.1 Å². The first kappa shape index (κ1) is 12.7. The smallest absolute Gasteiger partial charge is 0.335 e. The monoisotopic (exact) mass is 249 g/mol. The molecule has 0 radical (unpaired) electrons. The van der Waals surface area contributed by atoms with Gasteiger partial charge in [0.2, 0.25) is 0 Å². The predicted molar refractivity (Wildman–Crippen MR) is 70.4 cm³/mol. The Morgan fingerprint density at radius 2 is 2.22 bits per heavy atom. The molecule has 4 nitrogen and oxygen atoms in total. The maximum Gasteiger partial charge on any atom is 0.335 e. The Bertz CT molecular complexity index is 445. The molecule has 1 aromatic carbocycles. The molecule has 0 amide bonds. The topological polar surface area (TPSA) is 58.6 Å². The van der Waals surface area contributed by atoms with Crippen LogP contribution in [-0.4, -0.2) is 24.2 Å². The Morgan fingerprint density at radius 1 is 1.44 bits per heavy atom. The van der Waals surface area contributed by atoms with Gasteiger partial charge in [-0.3, -0.25) is 0 Å². The summed E-state index contributed by atoms with van der Waals surface area (Å²) in [5.41, 5.74) is 1.06. The van der Waals surface area contributed by atoms with Crippen molar-refractivity contribution in [2.75, 3.05) is 12.4 Å². The number of rotatable bonds is 4. The number of benzene rings is 1. The van der Waals surface area contributed by atoms with Gasteiger partial charge in [-0.05, 0) is 43.4 Å². The van der Waals surface area contributed by atoms with Crippen LogP contribution in [0.4, 0.5) is 5.69 Å². The molecule has 0 bridgehead atoms. The minimum atomic E-state index is -0.916. The molecule has 1 saturated carbocycles. The van der Waals surface area contributed by atoms with Crippen molar-refractivity contribution in [3.63, 3.8) is 0 Å². The Balaban J connectivity index is 2.18. The summed E-state index contributed by atoms with van der Waals surface area (Å²) in [6, 6.07) is 5.32. The third-order valence-corrected chi connectivity index (χ3v) is 3.50. The first-order valence-electron chi connectivity index (χ1n) is 6.28. The van der Waals surface area contributed by atoms with E-state index in [0.717, 1.165) is 24.4 Å². The quantitative estimate of drug-likeness (QED) is 0.861. The lowest BCUT2D eigenvalue weighted by Crippen LogP contribution is -2.16. The number of nitrogens with one attached hydrogen (secondary N) is 1. The largest absolute Gasteiger partial charge is 0.495 e. The maximum atomic E-state index is 11.0. The highest BCUT2D eigenvalue weighted by Gasteiger charge is 2.22. The molecule has 0 spiro atoms. The number of hydrogen-bond acceptors (Lipinski definition) is 3. The molecule has 2 unspecified atom stereocenters. The molecule has 4 heteroatoms. The van der Waals surface area contributed by atoms with Gasteiger partial charge in [0, 0.05) is 6.04 Å². The summed E-state index contributed by atoms with van der Waals surface area (Å²) in [4.78, 5) is 11.0. The number of carboxylic acids is 1. The van der Waals surface area contributed by atoms with Crippen molar-refractivity contribution >= 4 is 11.7 Å². The third kappa shape index (κ3) is 2.75. The third-order valence-electron chi connectivity index (χ3n) is 3.50. The molecule has 1 aromatic rings. The molecule has 0 heterocycles. The zero-order chi connectivity index (χ0) is 13.1. The van der Waals surface area contributed by atoms with Crippen LogP contribution in [0.2, 0.25) is 0 Å². The molecule has 1 aliphatic carbocycles. The highest BCUT2D eigenvalue weighted by molar-refractivity contribution is 5.89. The van der Waals surface area contributed by atoms with Gasteiger partial charge in [0.25, 0.3) is 0 Å². The second kappa shape index (κ2) is 5.29. The zero-order valence-corrected chi connectivity index (χ0v) is 10.8. The van der Waals surface area contributed by atoms with Crippen LogP contribution in [0.25, 0.3) is 0 Å². The van der Waals surface area contributed by atoms with Crippen LogP contribution in [0.1, 0.15) is 36.5 Å². The summed E-state index contributed by atoms with van der Waals surface area (Å²) in [6.07, 6.45) is 3.47. The number of carbonyl (C=O) groups is 1. The van der Waals surface area contributed by atoms with Gasteiger partial charge in [0.05, 0.1) is 18.4 Å². The van der Waals surface area contributed by atoms with E-state index in [4.69, 9.17) is 9.84 Å². The van der Waals surface area contributed by atoms with E-state index in [0.29, 0.717) is 11.8 Å². The van der Waals surface area contributed by atoms with E-state index >= 15 is 0 Å². The summed E-state index contributed by atoms with van der Waals surface area (Å²) >= 11 is 0. The van der Waals surface area contributed by atoms with Crippen molar-refractivity contribution in [3.05, 3.63) is 23.8 Å². The standard InChI is InChI=1S/C14H19NO3/c1-9-3-5-11(7-9)15-12-8-10(14(16)17)4-6-13(12)18-2/h4,6,8-9,11,15H,3,5,7H2,1-2H3,(H,16,17). The number of hydrogen-bond donors (Lipinski definition) is 2. The van der Waals surface area contributed by atoms with Crippen molar-refractivity contribution in [3.8, 4) is 5.75 Å². The van der Waals surface area contributed by atoms with Gasteiger partial charge in [0.15, 0.2) is 0 Å². The average molecular weight is 249 g/mol. The molecule has 1 aliphatic rings. The molecule has 0 aliphatic heterocycles. The lowest BCUT2D eigenvalue weighted by atomic mass is 10.1. The number of ether oxygens (including phenoxy) is 1. The molecule has 0 saturated heterocycles. The average Bonchev–Trinajstić information content (AvgIpc) is 2.74. The Labute approximate surface area is 107 Å². The molecular weight excluding hydrogens is 230 g/mol. The summed E-state index contributed by atoms with van der Waals surface area (Å²) in [5.74, 6) is 0.510. The van der Waals surface area contributed by atoms with Crippen molar-refractivity contribution in [1.29, 1.82) is 0 Å². The number of aromatic carboxylic acids is 1. The summed E-state index contributed by atoms with van der Waals surface area (Å²) in [5, 5.41) is 12.4. The van der Waals surface area contributed by atoms with Crippen LogP contribution in [0.5, 0.6) is 5.75 Å². The van der Waals surface area contributed by atoms with E-state index in [1.54, 1.807) is 25.3 Å². The fourth-order valence-corrected chi connectivity index (χ4v) is 2.51. The van der Waals surface area contributed by atoms with Gasteiger partial charge in [0.1, 0.15) is 5.75 Å². The van der Waals surface area contributed by atoms with Crippen molar-refractivity contribution in [2.24, 2.45) is 5.92 Å². The summed E-state index contributed by atoms with van der Waals surface area (Å²) in [7, 11) is 1.60. The Morgan fingerprint density at radius 3 is 2.78 bits per heavy atom. The minimum Gasteiger partial charge on any atom is -0.495 e. The van der Waals surface area contributed by atoms with Crippen molar-refractivity contribution in [2.45, 2.75) is 32.2 Å². The van der Waals surface area contributed by atoms with E-state index in [9.17, 15) is 4.79 Å². The van der Waals surface area contributed by atoms with E-state index in [-0.39, 0.29) is 5.56 Å². The maximum absolute atomic E-state index is 11.0. The second-order valence-electron chi connectivity index (χ2n) is 4.98. The molecule has 0 aromatic heterocycles. The van der Waals surface area contributed by atoms with E-state index in [2.05, 4.69) is 12.2 Å². The first-order chi connectivity index (χ1) is 8.60. The van der Waals surface area contributed by atoms with E-state index in [1.165, 1.54) is 6.42 Å². The van der Waals surface area contributed by atoms with Crippen molar-refractivity contribution in [1.82, 2.24) is 0 Å². The minimum absolute atomic E-state index is 0.282. The predicted octanol–water partition coefficient (Wildman–Crippen LogP) is 2.99. The van der Waals surface area contributed by atoms with Crippen LogP contribution >= 0.6 is 0 Å². The molecule has 2 rings (SSSR count). The van der Waals surface area contributed by atoms with Gasteiger partial charge in [-0.25, -0.2) is 4.79 Å². The van der Waals surface area contributed by atoms with Gasteiger partial charge in [-0.2, -0.15) is 0 Å². The van der Waals surface area contributed by atoms with Gasteiger partial charge in [-0.15, -0.1) is 0 Å². The van der Waals surface area contributed by atoms with E-state index < -0.39 is 5.97 Å². The fourth-order valence-electron chi connectivity index (χ4n) is 2.51. The van der Waals surface area contributed by atoms with Crippen LogP contribution in [-0.2, 0) is 0 Å². The molecule has 18 heavy (non-hydrogen) atoms. The SMILES string of the molecule is COc1ccc(C(=O)O)cc1NC1CCC(C)C1. The first-order valence-corrected chi connectivity index (χ1v) is 6.28. The highest BCUT2D eigenvalue weighted by Crippen LogP contribution is 2.32. The summed E-state index contributed by atoms with van der Waals surface area (Å²) < 4.78 is 5.26. The zero-order valence-electron chi connectivity index (χ0n) is 10.8. The molecule has 2 N–H and O–H groups in total. The molecule has 2 atom stereocenters. The fraction of sp³-hybridized carbons (Fsp3) is 0.500. The van der Waals surface area contributed by atoms with Crippen LogP contribution in [0.3, 0.4) is 0 Å². The molecule has 98 valence electrons. The number of anilines is 1. The number of carboxylic acid groups (broad SMARTS) is 1. The highest BCUT2D eigenvalue weighted by atomic mass is 16.5. The normalized spacial score (nSPS) is 22.8. The Kier molecular flexibility index (Phi) is 3.75. The van der Waals surface area contributed by atoms with E-state index in [1.807, 2.05) is 0 Å². The number of methoxy groups -OCH3 is 1. The van der Waals surface area contributed by atoms with Gasteiger partial charge < -0.3 is 15.2 Å². The molecule has 1 fully saturated rings. The second-order valence-corrected chi connectivity index (χ2v) is 4.98. The summed E-state index contributed by atoms with van der Waals surface area (Å²) in [6.45, 7) is 2.24. The lowest BCUT2D eigenvalue weighted by molar-refractivity contribution is 0.0697. The van der Waals surface area contributed by atoms with Crippen LogP contribution in [0.15, 0.2) is 18.2 Å². The van der Waals surface area contributed by atoms with Crippen LogP contribution in [0, 0.1) is 5.92 Å². The van der Waals surface area contributed by atoms with Gasteiger partial charge >= 0.3 is 5.97 Å². The lowest BCUT2D eigenvalue weighted by Gasteiger charge is -2.17. The molecular formula is C14H19NO3. The van der Waals surface area contributed by atoms with Gasteiger partial charge in [-0.1, -0.05) is 6.92 Å². The Hall–Kier alpha value is -1.71. The van der Waals surface area contributed by atoms with Crippen molar-refractivity contribution < 1.29 is 14.6 Å².